The lowest BCUT2D eigenvalue weighted by Gasteiger charge is -2.20. The summed E-state index contributed by atoms with van der Waals surface area (Å²) >= 11 is 5.70. The van der Waals surface area contributed by atoms with Gasteiger partial charge in [-0.2, -0.15) is 13.9 Å². The Balaban J connectivity index is 2.10. The Bertz CT molecular complexity index is 1010. The van der Waals surface area contributed by atoms with Gasteiger partial charge in [0.25, 0.3) is 5.91 Å². The molecule has 0 radical (unpaired) electrons. The molecule has 0 aliphatic heterocycles. The maximum absolute atomic E-state index is 14.7. The van der Waals surface area contributed by atoms with E-state index in [-0.39, 0.29) is 15.8 Å². The first-order valence-electron chi connectivity index (χ1n) is 7.65. The van der Waals surface area contributed by atoms with Crippen LogP contribution in [0.5, 0.6) is 0 Å². The molecule has 4 nitrogen and oxygen atoms in total. The van der Waals surface area contributed by atoms with Crippen molar-refractivity contribution in [1.29, 1.82) is 0 Å². The average Bonchev–Trinajstić information content (AvgIpc) is 3.14. The van der Waals surface area contributed by atoms with Gasteiger partial charge in [-0.3, -0.25) is 4.79 Å². The molecule has 0 aliphatic rings. The van der Waals surface area contributed by atoms with Crippen molar-refractivity contribution < 1.29 is 22.4 Å². The summed E-state index contributed by atoms with van der Waals surface area (Å²) in [5.74, 6) is -3.82. The Hall–Kier alpha value is -2.87. The van der Waals surface area contributed by atoms with Crippen LogP contribution in [0.1, 0.15) is 15.9 Å². The molecular weight excluding hydrogens is 386 g/mol. The number of hydrogen-bond acceptors (Lipinski definition) is 2. The van der Waals surface area contributed by atoms with Crippen LogP contribution in [-0.2, 0) is 12.5 Å². The summed E-state index contributed by atoms with van der Waals surface area (Å²) in [5, 5.41) is 2.88. The number of nitrogens with zero attached hydrogens (tertiary/aromatic N) is 2. The van der Waals surface area contributed by atoms with Crippen LogP contribution in [-0.4, -0.2) is 15.7 Å². The molecule has 3 rings (SSSR count). The number of alkyl halides is 2. The van der Waals surface area contributed by atoms with Gasteiger partial charge >= 0.3 is 6.05 Å². The van der Waals surface area contributed by atoms with Gasteiger partial charge in [0.05, 0.1) is 23.2 Å². The van der Waals surface area contributed by atoms with Gasteiger partial charge in [0.1, 0.15) is 0 Å². The molecule has 2 N–H and O–H groups in total. The quantitative estimate of drug-likeness (QED) is 0.513. The molecule has 1 heterocycles. The number of hydrogen-bond donors (Lipinski definition) is 1. The minimum atomic E-state index is -3.75. The number of rotatable bonds is 5. The molecule has 0 spiro atoms. The van der Waals surface area contributed by atoms with Crippen LogP contribution < -0.4 is 5.73 Å². The van der Waals surface area contributed by atoms with Crippen LogP contribution in [0.25, 0.3) is 11.1 Å². The standard InChI is InChI=1S/C18H12ClF4N3O/c19-14-6-12(10-4-2-1-3-5-10)13(15(20)16(14)21)7-18(22,23)26-9-11(8-25-26)17(24)27/h1-6,8-9H,7H2,(H2,24,27). The Morgan fingerprint density at radius 2 is 1.85 bits per heavy atom. The summed E-state index contributed by atoms with van der Waals surface area (Å²) in [7, 11) is 0. The number of carbonyl (C=O) groups is 1. The number of carbonyl (C=O) groups excluding carboxylic acids is 1. The molecule has 0 saturated carbocycles. The molecule has 0 saturated heterocycles. The fourth-order valence-electron chi connectivity index (χ4n) is 2.60. The maximum atomic E-state index is 14.7. The van der Waals surface area contributed by atoms with Gasteiger partial charge < -0.3 is 5.73 Å². The molecule has 0 aliphatic carbocycles. The third kappa shape index (κ3) is 3.66. The smallest absolute Gasteiger partial charge is 0.347 e. The van der Waals surface area contributed by atoms with Gasteiger partial charge in [0.2, 0.25) is 0 Å². The normalized spacial score (nSPS) is 11.6. The number of halogens is 5. The first-order chi connectivity index (χ1) is 12.7. The highest BCUT2D eigenvalue weighted by molar-refractivity contribution is 6.31. The zero-order valence-corrected chi connectivity index (χ0v) is 14.4. The van der Waals surface area contributed by atoms with E-state index in [1.54, 1.807) is 30.3 Å². The van der Waals surface area contributed by atoms with E-state index >= 15 is 0 Å². The van der Waals surface area contributed by atoms with Crippen LogP contribution >= 0.6 is 11.6 Å². The van der Waals surface area contributed by atoms with Crippen molar-refractivity contribution in [2.24, 2.45) is 5.73 Å². The summed E-state index contributed by atoms with van der Waals surface area (Å²) in [6.07, 6.45) is 0.402. The first-order valence-corrected chi connectivity index (χ1v) is 8.03. The molecule has 2 aromatic carbocycles. The summed E-state index contributed by atoms with van der Waals surface area (Å²) in [6, 6.07) is 5.40. The number of aromatic nitrogens is 2. The van der Waals surface area contributed by atoms with Gasteiger partial charge in [-0.15, -0.1) is 0 Å². The van der Waals surface area contributed by atoms with Crippen molar-refractivity contribution in [3.63, 3.8) is 0 Å². The second kappa shape index (κ2) is 7.03. The van der Waals surface area contributed by atoms with E-state index in [0.29, 0.717) is 5.56 Å². The van der Waals surface area contributed by atoms with E-state index < -0.39 is 40.6 Å². The zero-order chi connectivity index (χ0) is 19.8. The molecule has 3 aromatic rings. The van der Waals surface area contributed by atoms with E-state index in [2.05, 4.69) is 5.10 Å². The fraction of sp³-hybridized carbons (Fsp3) is 0.111. The van der Waals surface area contributed by atoms with Crippen molar-refractivity contribution in [1.82, 2.24) is 9.78 Å². The predicted octanol–water partition coefficient (Wildman–Crippen LogP) is 4.37. The lowest BCUT2D eigenvalue weighted by molar-refractivity contribution is -0.0918. The highest BCUT2D eigenvalue weighted by Crippen LogP contribution is 2.36. The molecule has 9 heteroatoms. The van der Waals surface area contributed by atoms with E-state index in [0.717, 1.165) is 18.5 Å². The zero-order valence-electron chi connectivity index (χ0n) is 13.6. The van der Waals surface area contributed by atoms with Gasteiger partial charge in [-0.05, 0) is 17.2 Å². The maximum Gasteiger partial charge on any atom is 0.347 e. The van der Waals surface area contributed by atoms with Crippen LogP contribution in [0, 0.1) is 11.6 Å². The van der Waals surface area contributed by atoms with Crippen molar-refractivity contribution >= 4 is 17.5 Å². The number of nitrogens with two attached hydrogens (primary N) is 1. The largest absolute Gasteiger partial charge is 0.366 e. The van der Waals surface area contributed by atoms with Gasteiger partial charge in [-0.1, -0.05) is 41.9 Å². The first kappa shape index (κ1) is 18.9. The average molecular weight is 398 g/mol. The molecule has 0 unspecified atom stereocenters. The van der Waals surface area contributed by atoms with Crippen molar-refractivity contribution in [2.75, 3.05) is 0 Å². The van der Waals surface area contributed by atoms with Crippen molar-refractivity contribution in [2.45, 2.75) is 12.5 Å². The van der Waals surface area contributed by atoms with Crippen LogP contribution in [0.2, 0.25) is 5.02 Å². The molecule has 27 heavy (non-hydrogen) atoms. The fourth-order valence-corrected chi connectivity index (χ4v) is 2.80. The highest BCUT2D eigenvalue weighted by atomic mass is 35.5. The second-order valence-corrected chi connectivity index (χ2v) is 6.17. The molecule has 0 fully saturated rings. The Labute approximate surface area is 156 Å². The van der Waals surface area contributed by atoms with Crippen molar-refractivity contribution in [3.8, 4) is 11.1 Å². The summed E-state index contributed by atoms with van der Waals surface area (Å²) < 4.78 is 57.9. The summed E-state index contributed by atoms with van der Waals surface area (Å²) in [4.78, 5) is 11.1. The lowest BCUT2D eigenvalue weighted by Crippen LogP contribution is -2.27. The predicted molar refractivity (Wildman–Crippen MR) is 91.4 cm³/mol. The molecule has 1 amide bonds. The van der Waals surface area contributed by atoms with Crippen molar-refractivity contribution in [3.05, 3.63) is 76.6 Å². The van der Waals surface area contributed by atoms with E-state index in [9.17, 15) is 22.4 Å². The van der Waals surface area contributed by atoms with Crippen LogP contribution in [0.3, 0.4) is 0 Å². The third-order valence-corrected chi connectivity index (χ3v) is 4.22. The molecule has 0 bridgehead atoms. The SMILES string of the molecule is NC(=O)c1cnn(C(F)(F)Cc2c(-c3ccccc3)cc(Cl)c(F)c2F)c1. The Morgan fingerprint density at radius 1 is 1.19 bits per heavy atom. The van der Waals surface area contributed by atoms with E-state index in [4.69, 9.17) is 17.3 Å². The van der Waals surface area contributed by atoms with Crippen LogP contribution in [0.15, 0.2) is 48.8 Å². The minimum Gasteiger partial charge on any atom is -0.366 e. The highest BCUT2D eigenvalue weighted by Gasteiger charge is 2.36. The lowest BCUT2D eigenvalue weighted by atomic mass is 9.96. The number of benzene rings is 2. The molecular formula is C18H12ClF4N3O. The van der Waals surface area contributed by atoms with Gasteiger partial charge in [0, 0.05) is 11.8 Å². The number of primary amides is 1. The summed E-state index contributed by atoms with van der Waals surface area (Å²) in [5.41, 5.74) is 4.64. The van der Waals surface area contributed by atoms with E-state index in [1.807, 2.05) is 0 Å². The van der Waals surface area contributed by atoms with Gasteiger partial charge in [0.15, 0.2) is 11.6 Å². The molecule has 140 valence electrons. The number of amides is 1. The van der Waals surface area contributed by atoms with E-state index in [1.165, 1.54) is 0 Å². The monoisotopic (exact) mass is 397 g/mol. The topological polar surface area (TPSA) is 60.9 Å². The van der Waals surface area contributed by atoms with Gasteiger partial charge in [-0.25, -0.2) is 13.5 Å². The molecule has 1 aromatic heterocycles. The third-order valence-electron chi connectivity index (χ3n) is 3.94. The Kier molecular flexibility index (Phi) is 4.93. The summed E-state index contributed by atoms with van der Waals surface area (Å²) in [6.45, 7) is 0. The van der Waals surface area contributed by atoms with Crippen LogP contribution in [0.4, 0.5) is 17.6 Å². The second-order valence-electron chi connectivity index (χ2n) is 5.76. The minimum absolute atomic E-state index is 0.0291. The molecule has 0 atom stereocenters. The Morgan fingerprint density at radius 3 is 2.44 bits per heavy atom.